The molecule has 1 amide bonds. The van der Waals surface area contributed by atoms with Crippen LogP contribution in [0.2, 0.25) is 0 Å². The van der Waals surface area contributed by atoms with Gasteiger partial charge in [-0.2, -0.15) is 0 Å². The highest BCUT2D eigenvalue weighted by molar-refractivity contribution is 5.96. The van der Waals surface area contributed by atoms with Crippen LogP contribution in [0.25, 0.3) is 39.5 Å². The number of carbonyl (C=O) groups excluding carboxylic acids is 2. The third-order valence-corrected chi connectivity index (χ3v) is 7.24. The lowest BCUT2D eigenvalue weighted by atomic mass is 10.0. The smallest absolute Gasteiger partial charge is 0.221 e. The zero-order valence-electron chi connectivity index (χ0n) is 23.9. The van der Waals surface area contributed by atoms with Gasteiger partial charge in [-0.15, -0.1) is 0 Å². The number of carbonyl (C=O) groups is 2. The van der Waals surface area contributed by atoms with Crippen molar-refractivity contribution in [1.82, 2.24) is 19.5 Å². The van der Waals surface area contributed by atoms with E-state index in [1.807, 2.05) is 109 Å². The Hall–Kier alpha value is -5.63. The van der Waals surface area contributed by atoms with Crippen molar-refractivity contribution in [2.45, 2.75) is 26.7 Å². The molecule has 8 heteroatoms. The van der Waals surface area contributed by atoms with Gasteiger partial charge in [-0.3, -0.25) is 14.2 Å². The van der Waals surface area contributed by atoms with Gasteiger partial charge >= 0.3 is 0 Å². The van der Waals surface area contributed by atoms with Gasteiger partial charge in [0.2, 0.25) is 5.91 Å². The van der Waals surface area contributed by atoms with E-state index in [9.17, 15) is 9.59 Å². The zero-order chi connectivity index (χ0) is 29.9. The molecule has 0 fully saturated rings. The summed E-state index contributed by atoms with van der Waals surface area (Å²) in [5.41, 5.74) is 14.4. The minimum absolute atomic E-state index is 0.127. The summed E-state index contributed by atoms with van der Waals surface area (Å²) >= 11 is 0. The van der Waals surface area contributed by atoms with Gasteiger partial charge in [-0.25, -0.2) is 15.0 Å². The summed E-state index contributed by atoms with van der Waals surface area (Å²) in [6.45, 7) is 3.47. The summed E-state index contributed by atoms with van der Waals surface area (Å²) in [6.07, 6.45) is 2.71. The van der Waals surface area contributed by atoms with E-state index in [0.717, 1.165) is 33.6 Å². The summed E-state index contributed by atoms with van der Waals surface area (Å²) in [6, 6.07) is 30.9. The monoisotopic (exact) mass is 566 g/mol. The number of amides is 1. The number of aryl methyl sites for hydroxylation is 2. The van der Waals surface area contributed by atoms with Gasteiger partial charge in [0, 0.05) is 42.0 Å². The quantitative estimate of drug-likeness (QED) is 0.196. The molecule has 3 aromatic heterocycles. The molecule has 0 radical (unpaired) electrons. The van der Waals surface area contributed by atoms with Crippen molar-refractivity contribution in [3.05, 3.63) is 120 Å². The van der Waals surface area contributed by atoms with Crippen LogP contribution in [0.3, 0.4) is 0 Å². The Morgan fingerprint density at radius 3 is 2.47 bits per heavy atom. The molecule has 0 atom stereocenters. The number of rotatable bonds is 8. The molecule has 0 aliphatic heterocycles. The van der Waals surface area contributed by atoms with E-state index in [-0.39, 0.29) is 11.7 Å². The van der Waals surface area contributed by atoms with Crippen LogP contribution in [-0.4, -0.2) is 31.2 Å². The van der Waals surface area contributed by atoms with Gasteiger partial charge in [-0.05, 0) is 73.5 Å². The van der Waals surface area contributed by atoms with Gasteiger partial charge in [0.05, 0.1) is 11.3 Å². The number of nitrogen functional groups attached to an aromatic ring is 1. The van der Waals surface area contributed by atoms with E-state index in [0.29, 0.717) is 46.9 Å². The van der Waals surface area contributed by atoms with Crippen molar-refractivity contribution < 1.29 is 9.59 Å². The molecule has 43 heavy (non-hydrogen) atoms. The van der Waals surface area contributed by atoms with E-state index < -0.39 is 0 Å². The normalized spacial score (nSPS) is 11.0. The Kier molecular flexibility index (Phi) is 7.49. The Morgan fingerprint density at radius 2 is 1.70 bits per heavy atom. The Bertz CT molecular complexity index is 1980. The number of ketones is 1. The Labute approximate surface area is 249 Å². The number of benzene rings is 3. The number of nitrogens with one attached hydrogen (secondary N) is 1. The molecule has 0 aliphatic rings. The minimum Gasteiger partial charge on any atom is -0.383 e. The molecule has 6 aromatic rings. The van der Waals surface area contributed by atoms with Gasteiger partial charge in [0.25, 0.3) is 0 Å². The number of pyridine rings is 2. The molecular formula is C35H30N6O2. The predicted octanol–water partition coefficient (Wildman–Crippen LogP) is 6.81. The standard InChI is InChI=1S/C35H30N6O2/c1-22-6-3-8-26(20-22)32(43)18-13-24-11-14-28(15-12-24)41-34(29-10-5-19-37-33(29)36)40-31-17-16-30(39-35(31)41)25-7-4-9-27(21-25)38-23(2)42/h3-12,14-17,19-21H,13,18H2,1-2H3,(H2,36,37)(H,38,42). The van der Waals surface area contributed by atoms with Gasteiger partial charge in [-0.1, -0.05) is 48.0 Å². The van der Waals surface area contributed by atoms with E-state index in [4.69, 9.17) is 15.7 Å². The third kappa shape index (κ3) is 5.90. The van der Waals surface area contributed by atoms with Crippen molar-refractivity contribution in [3.63, 3.8) is 0 Å². The van der Waals surface area contributed by atoms with Crippen molar-refractivity contribution in [2.24, 2.45) is 0 Å². The lowest BCUT2D eigenvalue weighted by Crippen LogP contribution is -2.05. The maximum absolute atomic E-state index is 12.8. The average molecular weight is 567 g/mol. The van der Waals surface area contributed by atoms with E-state index in [1.54, 1.807) is 6.20 Å². The number of nitrogens with two attached hydrogens (primary N) is 1. The van der Waals surface area contributed by atoms with Gasteiger partial charge < -0.3 is 11.1 Å². The van der Waals surface area contributed by atoms with Crippen LogP contribution in [0.5, 0.6) is 0 Å². The molecule has 3 N–H and O–H groups in total. The SMILES string of the molecule is CC(=O)Nc1cccc(-c2ccc3nc(-c4cccnc4N)n(-c4ccc(CCC(=O)c5cccc(C)c5)cc4)c3n2)c1. The molecular weight excluding hydrogens is 536 g/mol. The van der Waals surface area contributed by atoms with E-state index in [1.165, 1.54) is 6.92 Å². The number of hydrogen-bond acceptors (Lipinski definition) is 6. The highest BCUT2D eigenvalue weighted by Gasteiger charge is 2.19. The van der Waals surface area contributed by atoms with Crippen LogP contribution in [-0.2, 0) is 11.2 Å². The lowest BCUT2D eigenvalue weighted by Gasteiger charge is -2.12. The lowest BCUT2D eigenvalue weighted by molar-refractivity contribution is -0.114. The number of hydrogen-bond donors (Lipinski definition) is 2. The van der Waals surface area contributed by atoms with Crippen molar-refractivity contribution >= 4 is 34.4 Å². The van der Waals surface area contributed by atoms with Crippen LogP contribution < -0.4 is 11.1 Å². The largest absolute Gasteiger partial charge is 0.383 e. The molecule has 0 saturated carbocycles. The van der Waals surface area contributed by atoms with E-state index in [2.05, 4.69) is 10.3 Å². The topological polar surface area (TPSA) is 116 Å². The first-order valence-electron chi connectivity index (χ1n) is 14.0. The summed E-state index contributed by atoms with van der Waals surface area (Å²) < 4.78 is 1.98. The second-order valence-electron chi connectivity index (χ2n) is 10.5. The molecule has 8 nitrogen and oxygen atoms in total. The van der Waals surface area contributed by atoms with Crippen LogP contribution in [0, 0.1) is 6.92 Å². The van der Waals surface area contributed by atoms with Crippen LogP contribution >= 0.6 is 0 Å². The van der Waals surface area contributed by atoms with Crippen LogP contribution in [0.4, 0.5) is 11.5 Å². The fourth-order valence-electron chi connectivity index (χ4n) is 5.14. The average Bonchev–Trinajstić information content (AvgIpc) is 3.38. The summed E-state index contributed by atoms with van der Waals surface area (Å²) in [5, 5.41) is 2.83. The van der Waals surface area contributed by atoms with Gasteiger partial charge in [0.15, 0.2) is 17.3 Å². The predicted molar refractivity (Wildman–Crippen MR) is 170 cm³/mol. The summed E-state index contributed by atoms with van der Waals surface area (Å²) in [4.78, 5) is 38.6. The summed E-state index contributed by atoms with van der Waals surface area (Å²) in [7, 11) is 0. The van der Waals surface area contributed by atoms with Crippen molar-refractivity contribution in [2.75, 3.05) is 11.1 Å². The first kappa shape index (κ1) is 27.5. The molecule has 0 saturated heterocycles. The number of imidazole rings is 1. The van der Waals surface area contributed by atoms with E-state index >= 15 is 0 Å². The minimum atomic E-state index is -0.139. The number of fused-ring (bicyclic) bond motifs is 1. The molecule has 0 aliphatic carbocycles. The molecule has 0 bridgehead atoms. The summed E-state index contributed by atoms with van der Waals surface area (Å²) in [5.74, 6) is 0.982. The van der Waals surface area contributed by atoms with Crippen LogP contribution in [0.15, 0.2) is 103 Å². The molecule has 6 rings (SSSR count). The zero-order valence-corrected chi connectivity index (χ0v) is 23.9. The highest BCUT2D eigenvalue weighted by Crippen LogP contribution is 2.32. The molecule has 3 aromatic carbocycles. The first-order valence-corrected chi connectivity index (χ1v) is 14.0. The number of anilines is 2. The number of aromatic nitrogens is 4. The molecule has 0 unspecified atom stereocenters. The number of nitrogens with zero attached hydrogens (tertiary/aromatic N) is 4. The third-order valence-electron chi connectivity index (χ3n) is 7.24. The number of Topliss-reactive ketones (excluding diaryl/α,β-unsaturated/α-hetero) is 1. The van der Waals surface area contributed by atoms with Crippen molar-refractivity contribution in [3.8, 4) is 28.3 Å². The van der Waals surface area contributed by atoms with Crippen LogP contribution in [0.1, 0.15) is 34.8 Å². The Morgan fingerprint density at radius 1 is 0.884 bits per heavy atom. The second-order valence-corrected chi connectivity index (χ2v) is 10.5. The molecule has 212 valence electrons. The van der Waals surface area contributed by atoms with Gasteiger partial charge in [0.1, 0.15) is 11.3 Å². The fourth-order valence-corrected chi connectivity index (χ4v) is 5.14. The molecule has 3 heterocycles. The maximum Gasteiger partial charge on any atom is 0.221 e. The maximum atomic E-state index is 12.8. The first-order chi connectivity index (χ1) is 20.9. The Balaban J connectivity index is 1.38. The second kappa shape index (κ2) is 11.7. The highest BCUT2D eigenvalue weighted by atomic mass is 16.1. The molecule has 0 spiro atoms. The fraction of sp³-hybridized carbons (Fsp3) is 0.114. The van der Waals surface area contributed by atoms with Crippen molar-refractivity contribution in [1.29, 1.82) is 0 Å².